The van der Waals surface area contributed by atoms with Crippen molar-refractivity contribution in [3.8, 4) is 0 Å². The minimum absolute atomic E-state index is 0.0865. The molecule has 1 aromatic heterocycles. The van der Waals surface area contributed by atoms with Crippen molar-refractivity contribution in [2.75, 3.05) is 13.2 Å². The minimum Gasteiger partial charge on any atom is -0.376 e. The Kier molecular flexibility index (Phi) is 4.52. The van der Waals surface area contributed by atoms with Gasteiger partial charge in [0.15, 0.2) is 12.4 Å². The van der Waals surface area contributed by atoms with Crippen molar-refractivity contribution in [1.29, 1.82) is 0 Å². The Morgan fingerprint density at radius 2 is 2.36 bits per heavy atom. The van der Waals surface area contributed by atoms with Gasteiger partial charge < -0.3 is 20.3 Å². The fourth-order valence-corrected chi connectivity index (χ4v) is 3.44. The molecule has 1 aromatic rings. The number of carbonyl (C=O) groups is 1. The molecule has 3 aliphatic rings. The average molecular weight is 339 g/mol. The summed E-state index contributed by atoms with van der Waals surface area (Å²) in [5, 5.41) is 6.39. The maximum absolute atomic E-state index is 12.7. The second-order valence-corrected chi connectivity index (χ2v) is 6.45. The third-order valence-corrected chi connectivity index (χ3v) is 4.74. The summed E-state index contributed by atoms with van der Waals surface area (Å²) in [5.41, 5.74) is 2.56. The van der Waals surface area contributed by atoms with Gasteiger partial charge in [-0.05, 0) is 37.5 Å². The van der Waals surface area contributed by atoms with E-state index in [-0.39, 0.29) is 18.2 Å². The van der Waals surface area contributed by atoms with Gasteiger partial charge in [-0.3, -0.25) is 4.79 Å². The number of allylic oxidation sites excluding steroid dienone is 3. The number of pyridine rings is 1. The van der Waals surface area contributed by atoms with Crippen molar-refractivity contribution in [3.63, 3.8) is 0 Å². The second kappa shape index (κ2) is 7.11. The summed E-state index contributed by atoms with van der Waals surface area (Å²) in [4.78, 5) is 17.9. The molecule has 1 amide bonds. The Morgan fingerprint density at radius 1 is 1.40 bits per heavy atom. The highest BCUT2D eigenvalue weighted by atomic mass is 16.5. The largest absolute Gasteiger partial charge is 0.376 e. The summed E-state index contributed by atoms with van der Waals surface area (Å²) in [6, 6.07) is 3.99. The third kappa shape index (κ3) is 3.30. The smallest absolute Gasteiger partial charge is 0.269 e. The van der Waals surface area contributed by atoms with E-state index < -0.39 is 0 Å². The molecule has 25 heavy (non-hydrogen) atoms. The van der Waals surface area contributed by atoms with Crippen LogP contribution in [0.25, 0.3) is 0 Å². The lowest BCUT2D eigenvalue weighted by Crippen LogP contribution is -2.38. The summed E-state index contributed by atoms with van der Waals surface area (Å²) in [6.07, 6.45) is 15.0. The first kappa shape index (κ1) is 15.9. The number of nitrogens with zero attached hydrogens (tertiary/aromatic N) is 1. The Hall–Kier alpha value is -2.60. The van der Waals surface area contributed by atoms with Crippen molar-refractivity contribution in [1.82, 2.24) is 15.5 Å². The number of hydrogen-bond donors (Lipinski definition) is 2. The predicted molar refractivity (Wildman–Crippen MR) is 92.6 cm³/mol. The molecule has 0 aliphatic carbocycles. The lowest BCUT2D eigenvalue weighted by atomic mass is 10.1. The van der Waals surface area contributed by atoms with Crippen molar-refractivity contribution in [3.05, 3.63) is 65.9 Å². The Balaban J connectivity index is 1.49. The topological polar surface area (TPSA) is 67.7 Å². The highest BCUT2D eigenvalue weighted by Gasteiger charge is 2.34. The fraction of sp³-hybridized carbons (Fsp3) is 0.368. The number of rotatable bonds is 4. The molecule has 2 atom stereocenters. The molecule has 130 valence electrons. The molecule has 4 rings (SSSR count). The Bertz CT molecular complexity index is 720. The van der Waals surface area contributed by atoms with Gasteiger partial charge in [0.2, 0.25) is 0 Å². The number of aromatic nitrogens is 1. The maximum atomic E-state index is 12.7. The van der Waals surface area contributed by atoms with Gasteiger partial charge in [0.05, 0.1) is 17.4 Å². The van der Waals surface area contributed by atoms with Crippen molar-refractivity contribution >= 4 is 5.91 Å². The van der Waals surface area contributed by atoms with Gasteiger partial charge in [0, 0.05) is 25.4 Å². The Labute approximate surface area is 147 Å². The number of H-pyrrole nitrogens is 1. The SMILES string of the molecule is O=C(NCC1CCCCO1)C1=C2C=CC=CN2C(c2ccc[nH+]c2)N1. The highest BCUT2D eigenvalue weighted by Crippen LogP contribution is 2.33. The van der Waals surface area contributed by atoms with Crippen LogP contribution < -0.4 is 15.6 Å². The zero-order valence-corrected chi connectivity index (χ0v) is 14.1. The molecule has 3 aliphatic heterocycles. The molecule has 3 N–H and O–H groups in total. The van der Waals surface area contributed by atoms with E-state index in [1.54, 1.807) is 0 Å². The standard InChI is InChI=1S/C19H22N4O2/c24-19(21-13-15-7-2-4-11-25-15)17-16-8-1-3-10-23(16)18(22-17)14-6-5-9-20-12-14/h1,3,5-6,8-10,12,15,18,22H,2,4,7,11,13H2,(H,21,24)/p+1. The van der Waals surface area contributed by atoms with Crippen molar-refractivity contribution < 1.29 is 14.5 Å². The van der Waals surface area contributed by atoms with Gasteiger partial charge in [-0.1, -0.05) is 6.08 Å². The molecular formula is C19H23N4O2+. The van der Waals surface area contributed by atoms with Crippen LogP contribution in [-0.2, 0) is 9.53 Å². The molecule has 0 radical (unpaired) electrons. The first-order valence-electron chi connectivity index (χ1n) is 8.83. The number of fused-ring (bicyclic) bond motifs is 1. The van der Waals surface area contributed by atoms with Gasteiger partial charge in [0.1, 0.15) is 11.9 Å². The molecule has 1 fully saturated rings. The van der Waals surface area contributed by atoms with Crippen LogP contribution in [0.1, 0.15) is 31.0 Å². The van der Waals surface area contributed by atoms with Crippen molar-refractivity contribution in [2.45, 2.75) is 31.5 Å². The van der Waals surface area contributed by atoms with Crippen LogP contribution in [-0.4, -0.2) is 30.1 Å². The number of aromatic amines is 1. The van der Waals surface area contributed by atoms with E-state index in [0.717, 1.165) is 30.7 Å². The van der Waals surface area contributed by atoms with E-state index in [9.17, 15) is 4.79 Å². The van der Waals surface area contributed by atoms with E-state index in [2.05, 4.69) is 20.5 Å². The lowest BCUT2D eigenvalue weighted by Gasteiger charge is -2.24. The monoisotopic (exact) mass is 339 g/mol. The van der Waals surface area contributed by atoms with Crippen LogP contribution >= 0.6 is 0 Å². The van der Waals surface area contributed by atoms with E-state index in [1.165, 1.54) is 6.42 Å². The van der Waals surface area contributed by atoms with E-state index in [1.807, 2.05) is 49.0 Å². The predicted octanol–water partition coefficient (Wildman–Crippen LogP) is 1.38. The fourth-order valence-electron chi connectivity index (χ4n) is 3.44. The number of amides is 1. The van der Waals surface area contributed by atoms with Gasteiger partial charge in [-0.15, -0.1) is 0 Å². The zero-order valence-electron chi connectivity index (χ0n) is 14.1. The molecular weight excluding hydrogens is 316 g/mol. The van der Waals surface area contributed by atoms with Crippen LogP contribution in [0.2, 0.25) is 0 Å². The average Bonchev–Trinajstić information content (AvgIpc) is 3.07. The molecule has 6 nitrogen and oxygen atoms in total. The lowest BCUT2D eigenvalue weighted by molar-refractivity contribution is -0.379. The summed E-state index contributed by atoms with van der Waals surface area (Å²) in [5.74, 6) is -0.0865. The van der Waals surface area contributed by atoms with Gasteiger partial charge >= 0.3 is 0 Å². The minimum atomic E-state index is -0.0969. The molecule has 1 saturated heterocycles. The molecule has 0 aromatic carbocycles. The summed E-state index contributed by atoms with van der Waals surface area (Å²) in [6.45, 7) is 1.35. The third-order valence-electron chi connectivity index (χ3n) is 4.74. The maximum Gasteiger partial charge on any atom is 0.269 e. The first-order chi connectivity index (χ1) is 12.3. The summed E-state index contributed by atoms with van der Waals surface area (Å²) < 4.78 is 5.70. The molecule has 6 heteroatoms. The number of ether oxygens (including phenoxy) is 1. The number of nitrogens with one attached hydrogen (secondary N) is 3. The quantitative estimate of drug-likeness (QED) is 0.870. The molecule has 0 bridgehead atoms. The second-order valence-electron chi connectivity index (χ2n) is 6.45. The van der Waals surface area contributed by atoms with Crippen LogP contribution in [0.4, 0.5) is 0 Å². The molecule has 4 heterocycles. The first-order valence-corrected chi connectivity index (χ1v) is 8.83. The molecule has 0 spiro atoms. The van der Waals surface area contributed by atoms with Crippen molar-refractivity contribution in [2.24, 2.45) is 0 Å². The van der Waals surface area contributed by atoms with E-state index >= 15 is 0 Å². The van der Waals surface area contributed by atoms with Crippen LogP contribution in [0.3, 0.4) is 0 Å². The van der Waals surface area contributed by atoms with E-state index in [4.69, 9.17) is 4.74 Å². The van der Waals surface area contributed by atoms with Gasteiger partial charge in [0.25, 0.3) is 5.91 Å². The molecule has 2 unspecified atom stereocenters. The summed E-state index contributed by atoms with van der Waals surface area (Å²) >= 11 is 0. The van der Waals surface area contributed by atoms with Gasteiger partial charge in [-0.2, -0.15) is 0 Å². The number of carbonyl (C=O) groups excluding carboxylic acids is 1. The van der Waals surface area contributed by atoms with E-state index in [0.29, 0.717) is 12.2 Å². The highest BCUT2D eigenvalue weighted by molar-refractivity contribution is 5.94. The number of hydrogen-bond acceptors (Lipinski definition) is 4. The molecule has 0 saturated carbocycles. The zero-order chi connectivity index (χ0) is 17.1. The Morgan fingerprint density at radius 3 is 3.16 bits per heavy atom. The van der Waals surface area contributed by atoms with Crippen LogP contribution in [0.15, 0.2) is 60.3 Å². The summed E-state index contributed by atoms with van der Waals surface area (Å²) in [7, 11) is 0. The van der Waals surface area contributed by atoms with Gasteiger partial charge in [-0.25, -0.2) is 4.98 Å². The van der Waals surface area contributed by atoms with Crippen LogP contribution in [0, 0.1) is 0 Å². The normalized spacial score (nSPS) is 24.9. The van der Waals surface area contributed by atoms with Crippen LogP contribution in [0.5, 0.6) is 0 Å².